The van der Waals surface area contributed by atoms with Gasteiger partial charge in [-0.1, -0.05) is 45.4 Å². The lowest BCUT2D eigenvalue weighted by molar-refractivity contribution is -0.150. The van der Waals surface area contributed by atoms with Crippen LogP contribution in [0.15, 0.2) is 42.5 Å². The molecule has 0 aromatic heterocycles. The quantitative estimate of drug-likeness (QED) is 0.407. The number of rotatable bonds is 11. The summed E-state index contributed by atoms with van der Waals surface area (Å²) in [5, 5.41) is 16.2. The molecule has 0 saturated carbocycles. The van der Waals surface area contributed by atoms with Gasteiger partial charge in [0.1, 0.15) is 5.75 Å². The largest absolute Gasteiger partial charge is 0.493 e. The first-order chi connectivity index (χ1) is 17.6. The highest BCUT2D eigenvalue weighted by molar-refractivity contribution is 5.82. The van der Waals surface area contributed by atoms with Gasteiger partial charge < -0.3 is 30.0 Å². The number of hydrogen-bond acceptors (Lipinski definition) is 6. The number of methoxy groups -OCH3 is 2. The molecular weight excluding hydrogens is 472 g/mol. The van der Waals surface area contributed by atoms with E-state index >= 15 is 0 Å². The van der Waals surface area contributed by atoms with Crippen molar-refractivity contribution in [3.8, 4) is 17.2 Å². The summed E-state index contributed by atoms with van der Waals surface area (Å²) in [6.07, 6.45) is 3.23. The van der Waals surface area contributed by atoms with Crippen molar-refractivity contribution in [2.24, 2.45) is 5.41 Å². The molecule has 1 fully saturated rings. The number of nitrogens with one attached hydrogen (secondary N) is 2. The van der Waals surface area contributed by atoms with Gasteiger partial charge in [0, 0.05) is 5.41 Å². The second-order valence-electron chi connectivity index (χ2n) is 10.6. The molecule has 3 rings (SSSR count). The van der Waals surface area contributed by atoms with Crippen molar-refractivity contribution in [3.05, 3.63) is 53.6 Å². The van der Waals surface area contributed by atoms with Crippen LogP contribution in [0.5, 0.6) is 17.2 Å². The van der Waals surface area contributed by atoms with Gasteiger partial charge in [0.15, 0.2) is 17.6 Å². The first-order valence-corrected chi connectivity index (χ1v) is 12.9. The molecule has 202 valence electrons. The van der Waals surface area contributed by atoms with Crippen LogP contribution in [0.3, 0.4) is 0 Å². The average Bonchev–Trinajstić information content (AvgIpc) is 2.89. The van der Waals surface area contributed by atoms with Crippen LogP contribution in [-0.2, 0) is 16.0 Å². The third-order valence-corrected chi connectivity index (χ3v) is 6.64. The predicted molar refractivity (Wildman–Crippen MR) is 142 cm³/mol. The van der Waals surface area contributed by atoms with Crippen molar-refractivity contribution in [2.45, 2.75) is 71.1 Å². The Kier molecular flexibility index (Phi) is 9.80. The molecule has 1 aliphatic rings. The third-order valence-electron chi connectivity index (χ3n) is 6.64. The lowest BCUT2D eigenvalue weighted by Gasteiger charge is -2.29. The van der Waals surface area contributed by atoms with E-state index in [0.717, 1.165) is 36.9 Å². The van der Waals surface area contributed by atoms with Crippen molar-refractivity contribution in [3.63, 3.8) is 0 Å². The van der Waals surface area contributed by atoms with Gasteiger partial charge in [-0.25, -0.2) is 4.79 Å². The molecule has 3 N–H and O–H groups in total. The van der Waals surface area contributed by atoms with Crippen molar-refractivity contribution in [1.82, 2.24) is 10.6 Å². The third kappa shape index (κ3) is 7.86. The average molecular weight is 513 g/mol. The number of benzene rings is 2. The van der Waals surface area contributed by atoms with Gasteiger partial charge in [0.25, 0.3) is 0 Å². The Balaban J connectivity index is 1.84. The van der Waals surface area contributed by atoms with E-state index in [-0.39, 0.29) is 18.0 Å². The Bertz CT molecular complexity index is 1060. The Hall–Kier alpha value is -3.26. The molecule has 3 atom stereocenters. The number of aryl methyl sites for hydroxylation is 1. The fourth-order valence-corrected chi connectivity index (χ4v) is 4.56. The first kappa shape index (κ1) is 28.3. The maximum Gasteiger partial charge on any atom is 0.345 e. The van der Waals surface area contributed by atoms with Crippen molar-refractivity contribution < 1.29 is 28.9 Å². The monoisotopic (exact) mass is 512 g/mol. The molecule has 1 amide bonds. The SMILES string of the molecule is COc1ccc(CC[C@@H](NC(=O)[C@@H]2CCCCN2)c2cccc(OC(C(=O)O)C(C)(C)C)c2)cc1OC. The van der Waals surface area contributed by atoms with E-state index in [4.69, 9.17) is 14.2 Å². The number of carboxylic acids is 1. The number of aliphatic carboxylic acids is 1. The molecule has 37 heavy (non-hydrogen) atoms. The maximum atomic E-state index is 13.1. The number of piperidine rings is 1. The normalized spacial score (nSPS) is 17.4. The van der Waals surface area contributed by atoms with Gasteiger partial charge in [-0.15, -0.1) is 0 Å². The summed E-state index contributed by atoms with van der Waals surface area (Å²) in [7, 11) is 3.21. The standard InChI is InChI=1S/C29H40N2O6/c1-29(2,3)26(28(33)34)37-21-10-8-9-20(18-21)22(31-27(32)23-11-6-7-16-30-23)14-12-19-13-15-24(35-4)25(17-19)36-5/h8-10,13,15,17-18,22-23,26,30H,6-7,11-12,14,16H2,1-5H3,(H,31,32)(H,33,34)/t22-,23+,26?/m1/s1. The van der Waals surface area contributed by atoms with Crippen molar-refractivity contribution >= 4 is 11.9 Å². The zero-order valence-corrected chi connectivity index (χ0v) is 22.5. The van der Waals surface area contributed by atoms with Gasteiger partial charge >= 0.3 is 5.97 Å². The summed E-state index contributed by atoms with van der Waals surface area (Å²) in [5.74, 6) is 0.738. The van der Waals surface area contributed by atoms with Gasteiger partial charge in [-0.05, 0) is 67.6 Å². The molecule has 2 aromatic rings. The van der Waals surface area contributed by atoms with E-state index in [0.29, 0.717) is 30.1 Å². The minimum absolute atomic E-state index is 0.0264. The molecular formula is C29H40N2O6. The fraction of sp³-hybridized carbons (Fsp3) is 0.517. The smallest absolute Gasteiger partial charge is 0.345 e. The molecule has 8 nitrogen and oxygen atoms in total. The van der Waals surface area contributed by atoms with E-state index in [1.54, 1.807) is 20.3 Å². The Labute approximate surface area is 219 Å². The van der Waals surface area contributed by atoms with E-state index < -0.39 is 17.5 Å². The fourth-order valence-electron chi connectivity index (χ4n) is 4.56. The van der Waals surface area contributed by atoms with Crippen LogP contribution in [0.4, 0.5) is 0 Å². The van der Waals surface area contributed by atoms with Crippen LogP contribution in [0.1, 0.15) is 63.6 Å². The molecule has 1 saturated heterocycles. The molecule has 1 unspecified atom stereocenters. The number of ether oxygens (including phenoxy) is 3. The molecule has 2 aromatic carbocycles. The van der Waals surface area contributed by atoms with Gasteiger partial charge in [-0.3, -0.25) is 4.79 Å². The van der Waals surface area contributed by atoms with Gasteiger partial charge in [0.2, 0.25) is 5.91 Å². The number of carbonyl (C=O) groups is 2. The number of carbonyl (C=O) groups excluding carboxylic acids is 1. The van der Waals surface area contributed by atoms with Crippen LogP contribution in [-0.4, -0.2) is 49.9 Å². The number of carboxylic acid groups (broad SMARTS) is 1. The van der Waals surface area contributed by atoms with Crippen LogP contribution >= 0.6 is 0 Å². The Morgan fingerprint density at radius 3 is 2.46 bits per heavy atom. The number of amides is 1. The van der Waals surface area contributed by atoms with Crippen LogP contribution < -0.4 is 24.8 Å². The zero-order chi connectivity index (χ0) is 27.0. The molecule has 0 radical (unpaired) electrons. The van der Waals surface area contributed by atoms with Crippen LogP contribution in [0.2, 0.25) is 0 Å². The lowest BCUT2D eigenvalue weighted by atomic mass is 9.89. The first-order valence-electron chi connectivity index (χ1n) is 12.9. The predicted octanol–water partition coefficient (Wildman–Crippen LogP) is 4.51. The highest BCUT2D eigenvalue weighted by atomic mass is 16.5. The van der Waals surface area contributed by atoms with E-state index in [1.165, 1.54) is 0 Å². The topological polar surface area (TPSA) is 106 Å². The highest BCUT2D eigenvalue weighted by Gasteiger charge is 2.33. The number of hydrogen-bond donors (Lipinski definition) is 3. The van der Waals surface area contributed by atoms with Gasteiger partial charge in [0.05, 0.1) is 26.3 Å². The molecule has 1 aliphatic heterocycles. The summed E-state index contributed by atoms with van der Waals surface area (Å²) in [6.45, 7) is 6.33. The van der Waals surface area contributed by atoms with Crippen LogP contribution in [0.25, 0.3) is 0 Å². The van der Waals surface area contributed by atoms with Crippen LogP contribution in [0, 0.1) is 5.41 Å². The summed E-state index contributed by atoms with van der Waals surface area (Å²) >= 11 is 0. The van der Waals surface area contributed by atoms with Crippen molar-refractivity contribution in [1.29, 1.82) is 0 Å². The second kappa shape index (κ2) is 12.8. The summed E-state index contributed by atoms with van der Waals surface area (Å²) < 4.78 is 16.7. The Morgan fingerprint density at radius 2 is 1.84 bits per heavy atom. The molecule has 0 bridgehead atoms. The van der Waals surface area contributed by atoms with Crippen molar-refractivity contribution in [2.75, 3.05) is 20.8 Å². The zero-order valence-electron chi connectivity index (χ0n) is 22.5. The maximum absolute atomic E-state index is 13.1. The van der Waals surface area contributed by atoms with Gasteiger partial charge in [-0.2, -0.15) is 0 Å². The second-order valence-corrected chi connectivity index (χ2v) is 10.6. The molecule has 0 aliphatic carbocycles. The molecule has 1 heterocycles. The highest BCUT2D eigenvalue weighted by Crippen LogP contribution is 2.31. The van der Waals surface area contributed by atoms with E-state index in [1.807, 2.05) is 57.2 Å². The minimum Gasteiger partial charge on any atom is -0.493 e. The minimum atomic E-state index is -1.01. The lowest BCUT2D eigenvalue weighted by Crippen LogP contribution is -2.47. The summed E-state index contributed by atoms with van der Waals surface area (Å²) in [6, 6.07) is 12.7. The van der Waals surface area contributed by atoms with E-state index in [2.05, 4.69) is 10.6 Å². The molecule has 8 heteroatoms. The summed E-state index contributed by atoms with van der Waals surface area (Å²) in [4.78, 5) is 25.0. The molecule has 0 spiro atoms. The Morgan fingerprint density at radius 1 is 1.08 bits per heavy atom. The van der Waals surface area contributed by atoms with E-state index in [9.17, 15) is 14.7 Å². The summed E-state index contributed by atoms with van der Waals surface area (Å²) in [5.41, 5.74) is 1.33.